The Labute approximate surface area is 111 Å². The average Bonchev–Trinajstić information content (AvgIpc) is 2.88. The largest absolute Gasteiger partial charge is 0.330 e. The maximum atomic E-state index is 5.46. The fourth-order valence-electron chi connectivity index (χ4n) is 1.59. The number of nitrogens with two attached hydrogens (primary N) is 1. The van der Waals surface area contributed by atoms with Crippen LogP contribution in [-0.2, 0) is 0 Å². The fraction of sp³-hybridized carbons (Fsp3) is 0.417. The van der Waals surface area contributed by atoms with Crippen molar-refractivity contribution < 1.29 is 0 Å². The van der Waals surface area contributed by atoms with Crippen LogP contribution in [0.1, 0.15) is 19.3 Å². The van der Waals surface area contributed by atoms with Gasteiger partial charge in [0.25, 0.3) is 0 Å². The third kappa shape index (κ3) is 3.54. The zero-order valence-electron chi connectivity index (χ0n) is 10.2. The Morgan fingerprint density at radius 1 is 1.11 bits per heavy atom. The average molecular weight is 263 g/mol. The number of aromatic nitrogens is 4. The van der Waals surface area contributed by atoms with E-state index < -0.39 is 0 Å². The summed E-state index contributed by atoms with van der Waals surface area (Å²) in [6.45, 7) is 0.770. The Balaban J connectivity index is 1.92. The van der Waals surface area contributed by atoms with E-state index in [1.165, 1.54) is 0 Å². The van der Waals surface area contributed by atoms with Crippen LogP contribution < -0.4 is 5.73 Å². The van der Waals surface area contributed by atoms with Crippen molar-refractivity contribution >= 4 is 11.8 Å². The molecule has 96 valence electrons. The van der Waals surface area contributed by atoms with Crippen LogP contribution >= 0.6 is 11.8 Å². The van der Waals surface area contributed by atoms with Crippen molar-refractivity contribution in [1.29, 1.82) is 0 Å². The standard InChI is InChI=1S/C12H17N5S/c13-9-5-2-6-10-18-12-14-15-16-17(12)11-7-3-1-4-8-11/h1,3-4,7-8H,2,5-6,9-10,13H2. The summed E-state index contributed by atoms with van der Waals surface area (Å²) in [6, 6.07) is 9.93. The first-order chi connectivity index (χ1) is 8.92. The summed E-state index contributed by atoms with van der Waals surface area (Å²) in [7, 11) is 0. The van der Waals surface area contributed by atoms with Gasteiger partial charge in [-0.3, -0.25) is 0 Å². The number of hydrogen-bond acceptors (Lipinski definition) is 5. The number of nitrogens with zero attached hydrogens (tertiary/aromatic N) is 4. The molecule has 1 heterocycles. The highest BCUT2D eigenvalue weighted by Gasteiger charge is 2.07. The molecule has 0 unspecified atom stereocenters. The zero-order valence-corrected chi connectivity index (χ0v) is 11.0. The van der Waals surface area contributed by atoms with E-state index in [1.54, 1.807) is 16.4 Å². The first-order valence-corrected chi connectivity index (χ1v) is 7.07. The summed E-state index contributed by atoms with van der Waals surface area (Å²) in [5.41, 5.74) is 6.45. The quantitative estimate of drug-likeness (QED) is 0.610. The molecule has 0 bridgehead atoms. The van der Waals surface area contributed by atoms with Gasteiger partial charge < -0.3 is 5.73 Å². The van der Waals surface area contributed by atoms with E-state index >= 15 is 0 Å². The van der Waals surface area contributed by atoms with Gasteiger partial charge in [0.1, 0.15) is 0 Å². The fourth-order valence-corrected chi connectivity index (χ4v) is 2.48. The molecule has 0 saturated carbocycles. The SMILES string of the molecule is NCCCCCSc1nnnn1-c1ccccc1. The monoisotopic (exact) mass is 263 g/mol. The van der Waals surface area contributed by atoms with Gasteiger partial charge in [-0.1, -0.05) is 36.4 Å². The normalized spacial score (nSPS) is 10.7. The Hall–Kier alpha value is -1.40. The first-order valence-electron chi connectivity index (χ1n) is 6.08. The van der Waals surface area contributed by atoms with Crippen molar-refractivity contribution in [1.82, 2.24) is 20.2 Å². The van der Waals surface area contributed by atoms with Crippen LogP contribution in [0.3, 0.4) is 0 Å². The molecule has 18 heavy (non-hydrogen) atoms. The number of unbranched alkanes of at least 4 members (excludes halogenated alkanes) is 2. The van der Waals surface area contributed by atoms with E-state index in [4.69, 9.17) is 5.73 Å². The number of benzene rings is 1. The maximum absolute atomic E-state index is 5.46. The molecule has 0 spiro atoms. The molecule has 0 fully saturated rings. The minimum Gasteiger partial charge on any atom is -0.330 e. The second-order valence-corrected chi connectivity index (χ2v) is 4.97. The zero-order chi connectivity index (χ0) is 12.6. The molecule has 0 aliphatic rings. The van der Waals surface area contributed by atoms with Crippen LogP contribution in [0.4, 0.5) is 0 Å². The highest BCUT2D eigenvalue weighted by atomic mass is 32.2. The van der Waals surface area contributed by atoms with E-state index in [-0.39, 0.29) is 0 Å². The summed E-state index contributed by atoms with van der Waals surface area (Å²) in [4.78, 5) is 0. The van der Waals surface area contributed by atoms with Crippen LogP contribution in [0.2, 0.25) is 0 Å². The second kappa shape index (κ2) is 7.13. The van der Waals surface area contributed by atoms with Gasteiger partial charge >= 0.3 is 0 Å². The van der Waals surface area contributed by atoms with Crippen molar-refractivity contribution in [3.63, 3.8) is 0 Å². The molecular formula is C12H17N5S. The predicted octanol–water partition coefficient (Wildman–Crippen LogP) is 1.88. The summed E-state index contributed by atoms with van der Waals surface area (Å²) in [5, 5.41) is 12.6. The lowest BCUT2D eigenvalue weighted by atomic mass is 10.2. The van der Waals surface area contributed by atoms with E-state index in [9.17, 15) is 0 Å². The third-order valence-electron chi connectivity index (χ3n) is 2.52. The number of tetrazole rings is 1. The molecule has 1 aromatic carbocycles. The van der Waals surface area contributed by atoms with Gasteiger partial charge in [0, 0.05) is 5.75 Å². The molecule has 0 radical (unpaired) electrons. The lowest BCUT2D eigenvalue weighted by Gasteiger charge is -2.03. The maximum Gasteiger partial charge on any atom is 0.214 e. The Morgan fingerprint density at radius 3 is 2.72 bits per heavy atom. The van der Waals surface area contributed by atoms with Crippen molar-refractivity contribution in [2.75, 3.05) is 12.3 Å². The van der Waals surface area contributed by atoms with Crippen molar-refractivity contribution in [2.24, 2.45) is 5.73 Å². The molecular weight excluding hydrogens is 246 g/mol. The van der Waals surface area contributed by atoms with Gasteiger partial charge in [0.05, 0.1) is 5.69 Å². The Bertz CT molecular complexity index is 457. The summed E-state index contributed by atoms with van der Waals surface area (Å²) in [5.74, 6) is 1.02. The van der Waals surface area contributed by atoms with Gasteiger partial charge in [-0.2, -0.15) is 4.68 Å². The Morgan fingerprint density at radius 2 is 1.94 bits per heavy atom. The molecule has 0 aliphatic heterocycles. The van der Waals surface area contributed by atoms with Gasteiger partial charge in [0.15, 0.2) is 0 Å². The van der Waals surface area contributed by atoms with E-state index in [0.717, 1.165) is 42.4 Å². The molecule has 0 aliphatic carbocycles. The minimum atomic E-state index is 0.770. The van der Waals surface area contributed by atoms with Gasteiger partial charge in [-0.15, -0.1) is 5.10 Å². The minimum absolute atomic E-state index is 0.770. The lowest BCUT2D eigenvalue weighted by Crippen LogP contribution is -2.00. The first kappa shape index (κ1) is 13.0. The van der Waals surface area contributed by atoms with Crippen LogP contribution in [0.5, 0.6) is 0 Å². The third-order valence-corrected chi connectivity index (χ3v) is 3.53. The van der Waals surface area contributed by atoms with Crippen molar-refractivity contribution in [3.05, 3.63) is 30.3 Å². The molecule has 6 heteroatoms. The van der Waals surface area contributed by atoms with E-state index in [0.29, 0.717) is 0 Å². The number of hydrogen-bond donors (Lipinski definition) is 1. The van der Waals surface area contributed by atoms with E-state index in [2.05, 4.69) is 15.5 Å². The molecule has 1 aromatic heterocycles. The molecule has 2 rings (SSSR count). The van der Waals surface area contributed by atoms with Crippen molar-refractivity contribution in [3.8, 4) is 5.69 Å². The smallest absolute Gasteiger partial charge is 0.214 e. The molecule has 0 atom stereocenters. The van der Waals surface area contributed by atoms with Crippen LogP contribution in [0, 0.1) is 0 Å². The topological polar surface area (TPSA) is 69.6 Å². The van der Waals surface area contributed by atoms with E-state index in [1.807, 2.05) is 30.3 Å². The van der Waals surface area contributed by atoms with Gasteiger partial charge in [-0.25, -0.2) is 0 Å². The van der Waals surface area contributed by atoms with Crippen molar-refractivity contribution in [2.45, 2.75) is 24.4 Å². The number of para-hydroxylation sites is 1. The van der Waals surface area contributed by atoms with Crippen LogP contribution in [-0.4, -0.2) is 32.5 Å². The molecule has 5 nitrogen and oxygen atoms in total. The Kier molecular flexibility index (Phi) is 5.16. The van der Waals surface area contributed by atoms with Crippen LogP contribution in [0.25, 0.3) is 5.69 Å². The molecule has 2 N–H and O–H groups in total. The molecule has 0 saturated heterocycles. The molecule has 0 amide bonds. The highest BCUT2D eigenvalue weighted by Crippen LogP contribution is 2.19. The van der Waals surface area contributed by atoms with Gasteiger partial charge in [0.2, 0.25) is 5.16 Å². The summed E-state index contributed by atoms with van der Waals surface area (Å²) < 4.78 is 1.77. The lowest BCUT2D eigenvalue weighted by molar-refractivity contribution is 0.728. The predicted molar refractivity (Wildman–Crippen MR) is 72.8 cm³/mol. The second-order valence-electron chi connectivity index (χ2n) is 3.91. The number of thioether (sulfide) groups is 1. The highest BCUT2D eigenvalue weighted by molar-refractivity contribution is 7.99. The number of rotatable bonds is 7. The summed E-state index contributed by atoms with van der Waals surface area (Å²) in [6.07, 6.45) is 3.39. The van der Waals surface area contributed by atoms with Crippen LogP contribution in [0.15, 0.2) is 35.5 Å². The molecule has 2 aromatic rings. The van der Waals surface area contributed by atoms with Gasteiger partial charge in [-0.05, 0) is 41.9 Å². The summed E-state index contributed by atoms with van der Waals surface area (Å²) >= 11 is 1.69.